The van der Waals surface area contributed by atoms with Gasteiger partial charge >= 0.3 is 11.9 Å². The van der Waals surface area contributed by atoms with Gasteiger partial charge < -0.3 is 14.9 Å². The predicted octanol–water partition coefficient (Wildman–Crippen LogP) is 1.88. The normalized spacial score (nSPS) is 22.4. The van der Waals surface area contributed by atoms with Crippen LogP contribution in [0.2, 0.25) is 0 Å². The number of nitrogens with zero attached hydrogens (tertiary/aromatic N) is 4. The van der Waals surface area contributed by atoms with Gasteiger partial charge in [-0.15, -0.1) is 0 Å². The Labute approximate surface area is 206 Å². The molecule has 1 fully saturated rings. The maximum Gasteiger partial charge on any atom is 0.317 e. The first kappa shape index (κ1) is 25.1. The van der Waals surface area contributed by atoms with E-state index < -0.39 is 11.9 Å². The fourth-order valence-electron chi connectivity index (χ4n) is 4.66. The Bertz CT molecular complexity index is 921. The van der Waals surface area contributed by atoms with Crippen molar-refractivity contribution in [3.63, 3.8) is 0 Å². The van der Waals surface area contributed by atoms with Gasteiger partial charge in [0.15, 0.2) is 0 Å². The van der Waals surface area contributed by atoms with Crippen molar-refractivity contribution >= 4 is 11.9 Å². The Kier molecular flexibility index (Phi) is 8.70. The van der Waals surface area contributed by atoms with Crippen LogP contribution in [0.4, 0.5) is 0 Å². The summed E-state index contributed by atoms with van der Waals surface area (Å²) in [5, 5.41) is 18.9. The van der Waals surface area contributed by atoms with Crippen LogP contribution in [0.5, 0.6) is 11.5 Å². The number of aliphatic carboxylic acids is 2. The van der Waals surface area contributed by atoms with Crippen molar-refractivity contribution in [2.45, 2.75) is 13.1 Å². The number of hydrogen-bond donors (Lipinski definition) is 2. The molecule has 0 atom stereocenters. The number of carboxylic acids is 2. The van der Waals surface area contributed by atoms with E-state index in [0.29, 0.717) is 65.4 Å². The van der Waals surface area contributed by atoms with E-state index in [-0.39, 0.29) is 13.1 Å². The average molecular weight is 483 g/mol. The summed E-state index contributed by atoms with van der Waals surface area (Å²) in [5.74, 6) is -0.0492. The van der Waals surface area contributed by atoms with E-state index in [4.69, 9.17) is 4.74 Å². The van der Waals surface area contributed by atoms with Crippen LogP contribution >= 0.6 is 0 Å². The third-order valence-corrected chi connectivity index (χ3v) is 6.60. The summed E-state index contributed by atoms with van der Waals surface area (Å²) in [6.07, 6.45) is 0. The zero-order valence-electron chi connectivity index (χ0n) is 20.0. The van der Waals surface area contributed by atoms with E-state index in [0.717, 1.165) is 22.6 Å². The van der Waals surface area contributed by atoms with Crippen molar-refractivity contribution in [2.75, 3.05) is 65.4 Å². The lowest BCUT2D eigenvalue weighted by molar-refractivity contribution is -0.139. The summed E-state index contributed by atoms with van der Waals surface area (Å²) < 4.78 is 6.44. The van der Waals surface area contributed by atoms with Crippen molar-refractivity contribution < 1.29 is 24.5 Å². The van der Waals surface area contributed by atoms with Gasteiger partial charge in [0.05, 0.1) is 13.1 Å². The van der Waals surface area contributed by atoms with E-state index in [1.54, 1.807) is 0 Å². The first-order chi connectivity index (χ1) is 17.0. The molecule has 35 heavy (non-hydrogen) atoms. The van der Waals surface area contributed by atoms with Crippen molar-refractivity contribution in [3.05, 3.63) is 59.7 Å². The van der Waals surface area contributed by atoms with Crippen molar-refractivity contribution in [1.29, 1.82) is 0 Å². The number of ether oxygens (including phenoxy) is 1. The molecule has 3 heterocycles. The molecule has 9 nitrogen and oxygen atoms in total. The third-order valence-electron chi connectivity index (χ3n) is 6.60. The lowest BCUT2D eigenvalue weighted by Gasteiger charge is -2.34. The van der Waals surface area contributed by atoms with Crippen LogP contribution in [0.1, 0.15) is 11.1 Å². The lowest BCUT2D eigenvalue weighted by Crippen LogP contribution is -2.47. The van der Waals surface area contributed by atoms with Crippen LogP contribution in [-0.4, -0.2) is 107 Å². The Balaban J connectivity index is 1.73. The molecule has 0 saturated carbocycles. The quantitative estimate of drug-likeness (QED) is 0.677. The Morgan fingerprint density at radius 2 is 1.00 bits per heavy atom. The topological polar surface area (TPSA) is 96.8 Å². The predicted molar refractivity (Wildman–Crippen MR) is 132 cm³/mol. The van der Waals surface area contributed by atoms with Crippen LogP contribution < -0.4 is 4.74 Å². The second-order valence-corrected chi connectivity index (χ2v) is 9.21. The van der Waals surface area contributed by atoms with Gasteiger partial charge in [0.2, 0.25) is 0 Å². The van der Waals surface area contributed by atoms with Crippen molar-refractivity contribution in [2.24, 2.45) is 0 Å². The molecule has 3 aliphatic rings. The smallest absolute Gasteiger partial charge is 0.317 e. The second-order valence-electron chi connectivity index (χ2n) is 9.21. The molecule has 188 valence electrons. The highest BCUT2D eigenvalue weighted by Gasteiger charge is 2.21. The molecular formula is C26H34N4O5. The Hall–Kier alpha value is -2.98. The first-order valence-electron chi connectivity index (χ1n) is 12.1. The number of para-hydroxylation sites is 2. The number of rotatable bonds is 4. The summed E-state index contributed by atoms with van der Waals surface area (Å²) >= 11 is 0. The number of fused-ring (bicyclic) bond motifs is 8. The minimum atomic E-state index is -0.826. The van der Waals surface area contributed by atoms with Gasteiger partial charge in [0, 0.05) is 76.6 Å². The van der Waals surface area contributed by atoms with E-state index in [1.165, 1.54) is 0 Å². The van der Waals surface area contributed by atoms with Gasteiger partial charge in [0.1, 0.15) is 11.5 Å². The summed E-state index contributed by atoms with van der Waals surface area (Å²) in [7, 11) is 0. The third kappa shape index (κ3) is 7.50. The van der Waals surface area contributed by atoms with Gasteiger partial charge in [-0.25, -0.2) is 0 Å². The van der Waals surface area contributed by atoms with Crippen molar-refractivity contribution in [1.82, 2.24) is 19.6 Å². The molecule has 0 amide bonds. The standard InChI is InChI=1S/C26H34N4O5/c31-25(32)19-29-13-9-27-10-14-30(20-26(33)34)16-12-28(11-15-29)18-22-6-2-4-8-24(22)35-23-7-3-1-5-21(23)17-27/h1-8H,9-20H2,(H,31,32)(H,33,34). The van der Waals surface area contributed by atoms with Gasteiger partial charge in [-0.3, -0.25) is 29.2 Å². The summed E-state index contributed by atoms with van der Waals surface area (Å²) in [4.78, 5) is 31.6. The van der Waals surface area contributed by atoms with E-state index in [2.05, 4.69) is 21.9 Å². The molecule has 0 radical (unpaired) electrons. The largest absolute Gasteiger partial charge is 0.480 e. The molecule has 2 aromatic carbocycles. The summed E-state index contributed by atoms with van der Waals surface area (Å²) in [6.45, 7) is 6.48. The van der Waals surface area contributed by atoms with Crippen LogP contribution in [-0.2, 0) is 22.7 Å². The molecule has 0 aliphatic carbocycles. The fourth-order valence-corrected chi connectivity index (χ4v) is 4.66. The second kappa shape index (κ2) is 12.1. The van der Waals surface area contributed by atoms with Gasteiger partial charge in [-0.05, 0) is 12.1 Å². The number of carboxylic acid groups (broad SMARTS) is 2. The minimum absolute atomic E-state index is 0.00308. The van der Waals surface area contributed by atoms with E-state index in [9.17, 15) is 19.8 Å². The lowest BCUT2D eigenvalue weighted by atomic mass is 10.1. The minimum Gasteiger partial charge on any atom is -0.480 e. The van der Waals surface area contributed by atoms with E-state index >= 15 is 0 Å². The molecule has 0 unspecified atom stereocenters. The molecular weight excluding hydrogens is 448 g/mol. The Morgan fingerprint density at radius 3 is 1.37 bits per heavy atom. The molecule has 1 saturated heterocycles. The Morgan fingerprint density at radius 1 is 0.629 bits per heavy atom. The molecule has 9 heteroatoms. The van der Waals surface area contributed by atoms with Gasteiger partial charge in [0.25, 0.3) is 0 Å². The summed E-state index contributed by atoms with van der Waals surface area (Å²) in [6, 6.07) is 16.0. The molecule has 2 aromatic rings. The SMILES string of the molecule is O=C(O)CN1CCN2CCN(CC(=O)O)CCN(CC1)Cc1ccccc1Oc1ccccc1C2. The monoisotopic (exact) mass is 482 g/mol. The zero-order valence-corrected chi connectivity index (χ0v) is 20.0. The number of carbonyl (C=O) groups is 2. The van der Waals surface area contributed by atoms with Gasteiger partial charge in [-0.1, -0.05) is 36.4 Å². The molecule has 3 aliphatic heterocycles. The zero-order chi connectivity index (χ0) is 24.6. The summed E-state index contributed by atoms with van der Waals surface area (Å²) in [5.41, 5.74) is 2.09. The maximum atomic E-state index is 11.5. The van der Waals surface area contributed by atoms with Crippen LogP contribution in [0.15, 0.2) is 48.5 Å². The highest BCUT2D eigenvalue weighted by molar-refractivity contribution is 5.69. The molecule has 0 aromatic heterocycles. The maximum absolute atomic E-state index is 11.5. The van der Waals surface area contributed by atoms with Crippen LogP contribution in [0.3, 0.4) is 0 Å². The van der Waals surface area contributed by atoms with Crippen molar-refractivity contribution in [3.8, 4) is 11.5 Å². The highest BCUT2D eigenvalue weighted by atomic mass is 16.5. The number of hydrogen-bond acceptors (Lipinski definition) is 7. The average Bonchev–Trinajstić information content (AvgIpc) is 2.82. The highest BCUT2D eigenvalue weighted by Crippen LogP contribution is 2.30. The van der Waals surface area contributed by atoms with Gasteiger partial charge in [-0.2, -0.15) is 0 Å². The molecule has 0 spiro atoms. The number of benzene rings is 2. The van der Waals surface area contributed by atoms with Crippen LogP contribution in [0, 0.1) is 0 Å². The fraction of sp³-hybridized carbons (Fsp3) is 0.462. The first-order valence-corrected chi connectivity index (χ1v) is 12.1. The van der Waals surface area contributed by atoms with E-state index in [1.807, 2.05) is 46.2 Å². The molecule has 5 rings (SSSR count). The molecule has 2 N–H and O–H groups in total. The van der Waals surface area contributed by atoms with Crippen LogP contribution in [0.25, 0.3) is 0 Å². The molecule has 2 bridgehead atoms.